The Morgan fingerprint density at radius 1 is 1.14 bits per heavy atom. The molecule has 0 aliphatic heterocycles. The fourth-order valence-corrected chi connectivity index (χ4v) is 2.95. The summed E-state index contributed by atoms with van der Waals surface area (Å²) in [6.45, 7) is 3.68. The summed E-state index contributed by atoms with van der Waals surface area (Å²) < 4.78 is 0. The first-order valence-electron chi connectivity index (χ1n) is 7.95. The van der Waals surface area contributed by atoms with Crippen LogP contribution in [-0.2, 0) is 14.4 Å². The van der Waals surface area contributed by atoms with Crippen LogP contribution in [0.1, 0.15) is 64.2 Å². The van der Waals surface area contributed by atoms with Crippen molar-refractivity contribution < 1.29 is 49.0 Å². The van der Waals surface area contributed by atoms with Gasteiger partial charge in [-0.15, -0.1) is 6.58 Å². The third kappa shape index (κ3) is 7.21. The van der Waals surface area contributed by atoms with E-state index < -0.39 is 17.8 Å². The molecule has 1 fully saturated rings. The summed E-state index contributed by atoms with van der Waals surface area (Å²) in [6.07, 6.45) is 9.98. The van der Waals surface area contributed by atoms with Gasteiger partial charge in [0.1, 0.15) is 11.6 Å². The summed E-state index contributed by atoms with van der Waals surface area (Å²) in [6, 6.07) is 0. The molecule has 2 atom stereocenters. The van der Waals surface area contributed by atoms with Crippen LogP contribution in [0.3, 0.4) is 0 Å². The number of Topliss-reactive ketones (excluding diaryl/α,β-unsaturated/α-hetero) is 2. The number of allylic oxidation sites excluding steroid dienone is 1. The van der Waals surface area contributed by atoms with Crippen molar-refractivity contribution in [2.75, 3.05) is 0 Å². The third-order valence-corrected chi connectivity index (χ3v) is 4.18. The van der Waals surface area contributed by atoms with E-state index >= 15 is 0 Å². The number of rotatable bonds is 11. The zero-order chi connectivity index (χ0) is 15.7. The Hall–Kier alpha value is -0.450. The van der Waals surface area contributed by atoms with E-state index in [1.165, 1.54) is 6.42 Å². The Labute approximate surface area is 155 Å². The molecule has 1 rings (SSSR count). The van der Waals surface area contributed by atoms with Gasteiger partial charge in [-0.3, -0.25) is 9.59 Å². The van der Waals surface area contributed by atoms with Gasteiger partial charge in [-0.25, -0.2) is 0 Å². The van der Waals surface area contributed by atoms with E-state index in [4.69, 9.17) is 0 Å². The Morgan fingerprint density at radius 3 is 2.32 bits per heavy atom. The van der Waals surface area contributed by atoms with Crippen molar-refractivity contribution in [3.63, 3.8) is 0 Å². The number of aliphatic carboxylic acids is 1. The zero-order valence-electron chi connectivity index (χ0n) is 13.6. The Bertz CT molecular complexity index is 392. The van der Waals surface area contributed by atoms with Crippen molar-refractivity contribution in [3.05, 3.63) is 12.7 Å². The molecule has 0 heterocycles. The SMILES string of the molecule is C=CCCCCCCCCC(=O)C1C(=O)CCC1C(=O)[O-].[Na+]. The van der Waals surface area contributed by atoms with Crippen molar-refractivity contribution in [2.24, 2.45) is 11.8 Å². The van der Waals surface area contributed by atoms with Crippen LogP contribution >= 0.6 is 0 Å². The maximum atomic E-state index is 12.0. The van der Waals surface area contributed by atoms with Gasteiger partial charge in [-0.05, 0) is 25.7 Å². The molecule has 0 bridgehead atoms. The average Bonchev–Trinajstić information content (AvgIpc) is 2.83. The summed E-state index contributed by atoms with van der Waals surface area (Å²) in [7, 11) is 0. The van der Waals surface area contributed by atoms with Crippen molar-refractivity contribution in [1.29, 1.82) is 0 Å². The summed E-state index contributed by atoms with van der Waals surface area (Å²) in [5, 5.41) is 10.9. The first kappa shape index (κ1) is 21.6. The summed E-state index contributed by atoms with van der Waals surface area (Å²) >= 11 is 0. The largest absolute Gasteiger partial charge is 1.00 e. The quantitative estimate of drug-likeness (QED) is 0.217. The first-order chi connectivity index (χ1) is 10.1. The van der Waals surface area contributed by atoms with Gasteiger partial charge in [0.25, 0.3) is 0 Å². The van der Waals surface area contributed by atoms with Crippen LogP contribution in [0.25, 0.3) is 0 Å². The maximum absolute atomic E-state index is 12.0. The maximum Gasteiger partial charge on any atom is 1.00 e. The molecule has 4 nitrogen and oxygen atoms in total. The van der Waals surface area contributed by atoms with Crippen LogP contribution in [0.5, 0.6) is 0 Å². The van der Waals surface area contributed by atoms with E-state index in [1.54, 1.807) is 0 Å². The van der Waals surface area contributed by atoms with E-state index in [-0.39, 0.29) is 54.0 Å². The third-order valence-electron chi connectivity index (χ3n) is 4.18. The van der Waals surface area contributed by atoms with E-state index in [1.807, 2.05) is 6.08 Å². The van der Waals surface area contributed by atoms with Gasteiger partial charge in [0.15, 0.2) is 0 Å². The molecule has 22 heavy (non-hydrogen) atoms. The van der Waals surface area contributed by atoms with Gasteiger partial charge in [0.2, 0.25) is 0 Å². The number of unbranched alkanes of at least 4 members (excludes halogenated alkanes) is 6. The number of hydrogen-bond donors (Lipinski definition) is 0. The number of carboxylic acids is 1. The van der Waals surface area contributed by atoms with Crippen molar-refractivity contribution in [2.45, 2.75) is 64.2 Å². The van der Waals surface area contributed by atoms with Crippen molar-refractivity contribution in [3.8, 4) is 0 Å². The van der Waals surface area contributed by atoms with Crippen molar-refractivity contribution >= 4 is 17.5 Å². The molecular weight excluding hydrogens is 291 g/mol. The second-order valence-corrected chi connectivity index (χ2v) is 5.82. The number of carbonyl (C=O) groups excluding carboxylic acids is 3. The molecule has 0 radical (unpaired) electrons. The minimum atomic E-state index is -1.26. The molecule has 0 aromatic heterocycles. The smallest absolute Gasteiger partial charge is 0.550 e. The van der Waals surface area contributed by atoms with Crippen LogP contribution < -0.4 is 34.7 Å². The zero-order valence-corrected chi connectivity index (χ0v) is 15.6. The number of ketones is 2. The molecule has 0 saturated heterocycles. The number of carbonyl (C=O) groups is 3. The number of carboxylic acid groups (broad SMARTS) is 1. The van der Waals surface area contributed by atoms with Gasteiger partial charge in [-0.1, -0.05) is 31.8 Å². The predicted molar refractivity (Wildman–Crippen MR) is 78.4 cm³/mol. The van der Waals surface area contributed by atoms with E-state index in [0.29, 0.717) is 6.42 Å². The normalized spacial score (nSPS) is 20.5. The molecule has 1 aliphatic carbocycles. The summed E-state index contributed by atoms with van der Waals surface area (Å²) in [5.41, 5.74) is 0. The molecule has 0 spiro atoms. The fraction of sp³-hybridized carbons (Fsp3) is 0.706. The average molecular weight is 316 g/mol. The van der Waals surface area contributed by atoms with Crippen LogP contribution in [0.4, 0.5) is 0 Å². The van der Waals surface area contributed by atoms with E-state index in [9.17, 15) is 19.5 Å². The van der Waals surface area contributed by atoms with Crippen LogP contribution in [0, 0.1) is 11.8 Å². The Morgan fingerprint density at radius 2 is 1.73 bits per heavy atom. The monoisotopic (exact) mass is 316 g/mol. The standard InChI is InChI=1S/C17H26O4.Na/c1-2-3-4-5-6-7-8-9-10-14(18)16-13(17(20)21)11-12-15(16)19;/h2,13,16H,1,3-12H2,(H,20,21);/q;+1/p-1. The second-order valence-electron chi connectivity index (χ2n) is 5.82. The molecular formula is C17H25NaO4. The molecule has 2 unspecified atom stereocenters. The molecule has 0 aromatic carbocycles. The van der Waals surface area contributed by atoms with Gasteiger partial charge in [-0.2, -0.15) is 0 Å². The summed E-state index contributed by atoms with van der Waals surface area (Å²) in [4.78, 5) is 34.6. The molecule has 0 aromatic rings. The van der Waals surface area contributed by atoms with Gasteiger partial charge >= 0.3 is 29.6 Å². The van der Waals surface area contributed by atoms with Gasteiger partial charge in [0, 0.05) is 24.7 Å². The topological polar surface area (TPSA) is 74.3 Å². The first-order valence-corrected chi connectivity index (χ1v) is 7.95. The molecule has 1 aliphatic rings. The van der Waals surface area contributed by atoms with Crippen LogP contribution in [0.2, 0.25) is 0 Å². The second kappa shape index (κ2) is 12.0. The Kier molecular flexibility index (Phi) is 11.8. The molecule has 5 heteroatoms. The summed E-state index contributed by atoms with van der Waals surface area (Å²) in [5.74, 6) is -3.54. The molecule has 0 N–H and O–H groups in total. The van der Waals surface area contributed by atoms with Gasteiger partial charge in [0.05, 0.1) is 5.92 Å². The predicted octanol–water partition coefficient (Wildman–Crippen LogP) is -0.788. The minimum Gasteiger partial charge on any atom is -0.550 e. The van der Waals surface area contributed by atoms with Crippen LogP contribution in [0.15, 0.2) is 12.7 Å². The van der Waals surface area contributed by atoms with E-state index in [2.05, 4.69) is 6.58 Å². The number of hydrogen-bond acceptors (Lipinski definition) is 4. The van der Waals surface area contributed by atoms with Crippen molar-refractivity contribution in [1.82, 2.24) is 0 Å². The minimum absolute atomic E-state index is 0. The van der Waals surface area contributed by atoms with Crippen LogP contribution in [-0.4, -0.2) is 17.5 Å². The molecule has 0 amide bonds. The van der Waals surface area contributed by atoms with E-state index in [0.717, 1.165) is 38.5 Å². The Balaban J connectivity index is 0.00000441. The molecule has 1 saturated carbocycles. The molecule has 118 valence electrons. The fourth-order valence-electron chi connectivity index (χ4n) is 2.95. The van der Waals surface area contributed by atoms with Gasteiger partial charge < -0.3 is 9.90 Å².